The standard InChI is InChI=1S/C21H20N6O/c1-28-17-9-7-15(8-10-17)11-13-23-21-26-19(14-24-27-21)25-18-6-2-4-16-5-3-12-22-20(16)18/h2-10,12,14H,11,13H2,1H3,(H2,23,25,26,27). The van der Waals surface area contributed by atoms with Crippen molar-refractivity contribution in [2.75, 3.05) is 24.3 Å². The fourth-order valence-corrected chi connectivity index (χ4v) is 2.89. The number of para-hydroxylation sites is 1. The smallest absolute Gasteiger partial charge is 0.244 e. The van der Waals surface area contributed by atoms with E-state index in [0.29, 0.717) is 18.3 Å². The van der Waals surface area contributed by atoms with Crippen molar-refractivity contribution in [3.05, 3.63) is 72.6 Å². The van der Waals surface area contributed by atoms with Crippen LogP contribution in [0.4, 0.5) is 17.5 Å². The van der Waals surface area contributed by atoms with Crippen LogP contribution >= 0.6 is 0 Å². The quantitative estimate of drug-likeness (QED) is 0.510. The minimum Gasteiger partial charge on any atom is -0.497 e. The Morgan fingerprint density at radius 2 is 1.86 bits per heavy atom. The summed E-state index contributed by atoms with van der Waals surface area (Å²) in [6.07, 6.45) is 4.21. The van der Waals surface area contributed by atoms with Crippen molar-refractivity contribution in [1.82, 2.24) is 20.2 Å². The van der Waals surface area contributed by atoms with Crippen LogP contribution in [-0.2, 0) is 6.42 Å². The Bertz CT molecular complexity index is 1060. The number of rotatable bonds is 7. The number of methoxy groups -OCH3 is 1. The summed E-state index contributed by atoms with van der Waals surface area (Å²) in [7, 11) is 1.66. The molecule has 0 aliphatic rings. The maximum atomic E-state index is 5.18. The van der Waals surface area contributed by atoms with Gasteiger partial charge in [0.15, 0.2) is 5.82 Å². The van der Waals surface area contributed by atoms with Crippen molar-refractivity contribution in [3.63, 3.8) is 0 Å². The van der Waals surface area contributed by atoms with E-state index >= 15 is 0 Å². The monoisotopic (exact) mass is 372 g/mol. The van der Waals surface area contributed by atoms with Gasteiger partial charge in [-0.3, -0.25) is 4.98 Å². The second kappa shape index (κ2) is 8.30. The fourth-order valence-electron chi connectivity index (χ4n) is 2.89. The van der Waals surface area contributed by atoms with Crippen molar-refractivity contribution in [2.45, 2.75) is 6.42 Å². The van der Waals surface area contributed by atoms with Crippen LogP contribution in [0.2, 0.25) is 0 Å². The molecule has 4 rings (SSSR count). The molecule has 0 saturated heterocycles. The van der Waals surface area contributed by atoms with E-state index in [1.165, 1.54) is 5.56 Å². The van der Waals surface area contributed by atoms with Crippen molar-refractivity contribution >= 4 is 28.4 Å². The Balaban J connectivity index is 1.41. The number of fused-ring (bicyclic) bond motifs is 1. The highest BCUT2D eigenvalue weighted by Crippen LogP contribution is 2.23. The molecule has 0 saturated carbocycles. The molecule has 2 aromatic heterocycles. The fraction of sp³-hybridized carbons (Fsp3) is 0.143. The normalized spacial score (nSPS) is 10.6. The van der Waals surface area contributed by atoms with E-state index in [4.69, 9.17) is 4.74 Å². The molecule has 0 aliphatic carbocycles. The van der Waals surface area contributed by atoms with Crippen LogP contribution in [0, 0.1) is 0 Å². The summed E-state index contributed by atoms with van der Waals surface area (Å²) in [6, 6.07) is 17.9. The molecule has 4 aromatic rings. The molecule has 0 aliphatic heterocycles. The lowest BCUT2D eigenvalue weighted by molar-refractivity contribution is 0.414. The highest BCUT2D eigenvalue weighted by atomic mass is 16.5. The number of nitrogens with one attached hydrogen (secondary N) is 2. The first-order chi connectivity index (χ1) is 13.8. The van der Waals surface area contributed by atoms with E-state index in [1.54, 1.807) is 19.5 Å². The highest BCUT2D eigenvalue weighted by Gasteiger charge is 2.05. The van der Waals surface area contributed by atoms with Gasteiger partial charge in [-0.25, -0.2) is 0 Å². The molecule has 2 heterocycles. The summed E-state index contributed by atoms with van der Waals surface area (Å²) >= 11 is 0. The molecule has 0 spiro atoms. The molecule has 2 aromatic carbocycles. The van der Waals surface area contributed by atoms with Gasteiger partial charge in [-0.1, -0.05) is 30.3 Å². The Hall–Kier alpha value is -3.74. The number of hydrogen-bond acceptors (Lipinski definition) is 7. The molecule has 140 valence electrons. The molecule has 2 N–H and O–H groups in total. The van der Waals surface area contributed by atoms with Gasteiger partial charge in [0.05, 0.1) is 24.5 Å². The van der Waals surface area contributed by atoms with E-state index in [9.17, 15) is 0 Å². The maximum Gasteiger partial charge on any atom is 0.244 e. The number of ether oxygens (including phenoxy) is 1. The number of anilines is 3. The Kier molecular flexibility index (Phi) is 5.24. The Morgan fingerprint density at radius 1 is 1.00 bits per heavy atom. The number of pyridine rings is 1. The van der Waals surface area contributed by atoms with E-state index in [2.05, 4.69) is 30.8 Å². The second-order valence-corrected chi connectivity index (χ2v) is 6.20. The van der Waals surface area contributed by atoms with Crippen LogP contribution in [-0.4, -0.2) is 33.8 Å². The zero-order valence-corrected chi connectivity index (χ0v) is 15.5. The summed E-state index contributed by atoms with van der Waals surface area (Å²) in [5.41, 5.74) is 2.97. The third kappa shape index (κ3) is 4.15. The van der Waals surface area contributed by atoms with E-state index in [1.807, 2.05) is 54.6 Å². The first-order valence-corrected chi connectivity index (χ1v) is 8.99. The minimum atomic E-state index is 0.478. The second-order valence-electron chi connectivity index (χ2n) is 6.20. The van der Waals surface area contributed by atoms with Crippen LogP contribution in [0.25, 0.3) is 10.9 Å². The van der Waals surface area contributed by atoms with Crippen molar-refractivity contribution < 1.29 is 4.74 Å². The third-order valence-electron chi connectivity index (χ3n) is 4.31. The predicted octanol–water partition coefficient (Wildman–Crippen LogP) is 3.83. The molecule has 7 heteroatoms. The van der Waals surface area contributed by atoms with Gasteiger partial charge in [-0.05, 0) is 36.2 Å². The molecule has 0 fully saturated rings. The molecule has 28 heavy (non-hydrogen) atoms. The molecule has 0 amide bonds. The van der Waals surface area contributed by atoms with Crippen LogP contribution < -0.4 is 15.4 Å². The van der Waals surface area contributed by atoms with Crippen molar-refractivity contribution in [3.8, 4) is 5.75 Å². The Labute approximate surface area is 162 Å². The molecular weight excluding hydrogens is 352 g/mol. The molecule has 0 bridgehead atoms. The highest BCUT2D eigenvalue weighted by molar-refractivity contribution is 5.91. The summed E-state index contributed by atoms with van der Waals surface area (Å²) in [5.74, 6) is 1.94. The van der Waals surface area contributed by atoms with E-state index < -0.39 is 0 Å². The summed E-state index contributed by atoms with van der Waals surface area (Å²) in [6.45, 7) is 0.702. The zero-order valence-electron chi connectivity index (χ0n) is 15.5. The van der Waals surface area contributed by atoms with Gasteiger partial charge in [-0.2, -0.15) is 10.1 Å². The molecule has 7 nitrogen and oxygen atoms in total. The van der Waals surface area contributed by atoms with Gasteiger partial charge in [0, 0.05) is 18.1 Å². The van der Waals surface area contributed by atoms with Crippen LogP contribution in [0.5, 0.6) is 5.75 Å². The van der Waals surface area contributed by atoms with Gasteiger partial charge in [-0.15, -0.1) is 5.10 Å². The van der Waals surface area contributed by atoms with Crippen molar-refractivity contribution in [2.24, 2.45) is 0 Å². The van der Waals surface area contributed by atoms with Crippen LogP contribution in [0.3, 0.4) is 0 Å². The lowest BCUT2D eigenvalue weighted by Crippen LogP contribution is -2.09. The largest absolute Gasteiger partial charge is 0.497 e. The first-order valence-electron chi connectivity index (χ1n) is 8.99. The predicted molar refractivity (Wildman–Crippen MR) is 110 cm³/mol. The van der Waals surface area contributed by atoms with Gasteiger partial charge >= 0.3 is 0 Å². The van der Waals surface area contributed by atoms with Crippen LogP contribution in [0.15, 0.2) is 67.0 Å². The van der Waals surface area contributed by atoms with Gasteiger partial charge in [0.1, 0.15) is 5.75 Å². The third-order valence-corrected chi connectivity index (χ3v) is 4.31. The maximum absolute atomic E-state index is 5.18. The SMILES string of the molecule is COc1ccc(CCNc2nncc(Nc3cccc4cccnc34)n2)cc1. The summed E-state index contributed by atoms with van der Waals surface area (Å²) in [5, 5.41) is 15.6. The van der Waals surface area contributed by atoms with Crippen LogP contribution in [0.1, 0.15) is 5.56 Å². The number of hydrogen-bond donors (Lipinski definition) is 2. The molecule has 0 unspecified atom stereocenters. The average molecular weight is 372 g/mol. The molecule has 0 atom stereocenters. The van der Waals surface area contributed by atoms with E-state index in [-0.39, 0.29) is 0 Å². The number of benzene rings is 2. The first kappa shape index (κ1) is 17.7. The zero-order chi connectivity index (χ0) is 19.2. The lowest BCUT2D eigenvalue weighted by Gasteiger charge is -2.09. The Morgan fingerprint density at radius 3 is 2.71 bits per heavy atom. The van der Waals surface area contributed by atoms with Gasteiger partial charge < -0.3 is 15.4 Å². The molecular formula is C21H20N6O. The summed E-state index contributed by atoms with van der Waals surface area (Å²) in [4.78, 5) is 8.93. The topological polar surface area (TPSA) is 84.9 Å². The number of nitrogens with zero attached hydrogens (tertiary/aromatic N) is 4. The van der Waals surface area contributed by atoms with Gasteiger partial charge in [0.25, 0.3) is 0 Å². The van der Waals surface area contributed by atoms with Gasteiger partial charge in [0.2, 0.25) is 5.95 Å². The average Bonchev–Trinajstić information content (AvgIpc) is 2.75. The lowest BCUT2D eigenvalue weighted by atomic mass is 10.1. The molecule has 0 radical (unpaired) electrons. The minimum absolute atomic E-state index is 0.478. The summed E-state index contributed by atoms with van der Waals surface area (Å²) < 4.78 is 5.18. The van der Waals surface area contributed by atoms with E-state index in [0.717, 1.165) is 28.8 Å². The number of aromatic nitrogens is 4. The van der Waals surface area contributed by atoms with Crippen molar-refractivity contribution in [1.29, 1.82) is 0 Å².